The van der Waals surface area contributed by atoms with Crippen molar-refractivity contribution < 1.29 is 51.4 Å². The zero-order valence-electron chi connectivity index (χ0n) is 6.33. The molecule has 2 N–H and O–H groups in total. The fourth-order valence-electron chi connectivity index (χ4n) is 0.707. The molecule has 5 heteroatoms. The summed E-state index contributed by atoms with van der Waals surface area (Å²) in [4.78, 5) is 2.64. The van der Waals surface area contributed by atoms with Gasteiger partial charge in [-0.1, -0.05) is 11.6 Å². The molecule has 0 atom stereocenters. The Morgan fingerprint density at radius 2 is 2.18 bits per heavy atom. The molecule has 0 aromatic carbocycles. The maximum absolute atomic E-state index is 8.44. The first-order valence-corrected chi connectivity index (χ1v) is 3.04. The van der Waals surface area contributed by atoms with Crippen molar-refractivity contribution in [2.45, 2.75) is 6.92 Å². The summed E-state index contributed by atoms with van der Waals surface area (Å²) in [5, 5.41) is 8.79. The van der Waals surface area contributed by atoms with Gasteiger partial charge in [-0.05, 0) is 18.4 Å². The van der Waals surface area contributed by atoms with Gasteiger partial charge in [0.15, 0.2) is 0 Å². The smallest absolute Gasteiger partial charge is 0.481 e. The van der Waals surface area contributed by atoms with E-state index in [9.17, 15) is 0 Å². The second-order valence-corrected chi connectivity index (χ2v) is 2.30. The van der Waals surface area contributed by atoms with E-state index in [0.717, 1.165) is 0 Å². The molecule has 52 valence electrons. The molecule has 1 rings (SSSR count). The van der Waals surface area contributed by atoms with E-state index in [1.54, 1.807) is 6.92 Å². The first-order chi connectivity index (χ1) is 4.66. The molecule has 0 aliphatic carbocycles. The minimum Gasteiger partial charge on any atom is -0.481 e. The maximum atomic E-state index is 8.44. The average Bonchev–Trinajstić information content (AvgIpc) is 2.09. The number of aryl methyl sites for hydroxylation is 1. The van der Waals surface area contributed by atoms with Gasteiger partial charge in [-0.3, -0.25) is 0 Å². The molecule has 0 fully saturated rings. The Morgan fingerprint density at radius 1 is 1.64 bits per heavy atom. The summed E-state index contributed by atoms with van der Waals surface area (Å²) in [5.41, 5.74) is 8.06. The fourth-order valence-corrected chi connectivity index (χ4v) is 0.891. The number of rotatable bonds is 0. The number of hydrogen-bond acceptors (Lipinski definition) is 1. The Labute approximate surface area is 112 Å². The van der Waals surface area contributed by atoms with Crippen molar-refractivity contribution in [3.8, 4) is 6.07 Å². The number of nitrogens with zero attached hydrogens (tertiary/aromatic N) is 1. The second kappa shape index (κ2) is 4.50. The van der Waals surface area contributed by atoms with Crippen molar-refractivity contribution >= 4 is 17.4 Å². The molecule has 0 spiro atoms. The van der Waals surface area contributed by atoms with Crippen LogP contribution in [0.4, 0.5) is 5.82 Å². The molecule has 0 saturated heterocycles. The van der Waals surface area contributed by atoms with Crippen LogP contribution in [0, 0.1) is 18.3 Å². The zero-order chi connectivity index (χ0) is 7.72. The van der Waals surface area contributed by atoms with E-state index in [0.29, 0.717) is 10.7 Å². The van der Waals surface area contributed by atoms with Gasteiger partial charge >= 0.3 is 51.4 Å². The normalized spacial score (nSPS) is 8.45. The summed E-state index contributed by atoms with van der Waals surface area (Å²) >= 11 is 5.64. The molecule has 0 saturated carbocycles. The molecule has 0 unspecified atom stereocenters. The Hall–Kier alpha value is 0.496. The van der Waals surface area contributed by atoms with Crippen molar-refractivity contribution in [1.82, 2.24) is 4.98 Å². The van der Waals surface area contributed by atoms with E-state index in [2.05, 4.69) is 4.98 Å². The third kappa shape index (κ3) is 2.21. The van der Waals surface area contributed by atoms with Gasteiger partial charge in [0.05, 0.1) is 10.6 Å². The molecule has 3 nitrogen and oxygen atoms in total. The SMILES string of the molecule is Cc1[nH]c([NH-])c(C#N)c1Cl.[K+]. The number of nitriles is 1. The van der Waals surface area contributed by atoms with Crippen molar-refractivity contribution in [1.29, 1.82) is 5.26 Å². The van der Waals surface area contributed by atoms with Gasteiger partial charge < -0.3 is 10.7 Å². The van der Waals surface area contributed by atoms with Crippen molar-refractivity contribution in [3.05, 3.63) is 22.0 Å². The zero-order valence-corrected chi connectivity index (χ0v) is 10.2. The molecule has 0 radical (unpaired) electrons. The summed E-state index contributed by atoms with van der Waals surface area (Å²) in [6.07, 6.45) is 0. The first kappa shape index (κ1) is 11.5. The summed E-state index contributed by atoms with van der Waals surface area (Å²) < 4.78 is 0. The molecule has 11 heavy (non-hydrogen) atoms. The van der Waals surface area contributed by atoms with E-state index in [1.807, 2.05) is 6.07 Å². The molecule has 1 heterocycles. The van der Waals surface area contributed by atoms with Gasteiger partial charge in [0.2, 0.25) is 0 Å². The monoisotopic (exact) mass is 193 g/mol. The van der Waals surface area contributed by atoms with E-state index in [4.69, 9.17) is 22.6 Å². The quantitative estimate of drug-likeness (QED) is 0.557. The standard InChI is InChI=1S/C6H5ClN3.K/c1-3-5(7)4(2-8)6(9)10-3;/h9-10H,1H3;/q-1;+1. The van der Waals surface area contributed by atoms with E-state index in [1.165, 1.54) is 0 Å². The maximum Gasteiger partial charge on any atom is 1.00 e. The van der Waals surface area contributed by atoms with E-state index >= 15 is 0 Å². The average molecular weight is 194 g/mol. The van der Waals surface area contributed by atoms with Crippen LogP contribution in [0.25, 0.3) is 5.73 Å². The molecular formula is C6H5ClKN3. The number of halogens is 1. The minimum absolute atomic E-state index is 0. The van der Waals surface area contributed by atoms with Gasteiger partial charge in [-0.2, -0.15) is 5.26 Å². The van der Waals surface area contributed by atoms with Gasteiger partial charge in [0.1, 0.15) is 6.07 Å². The number of H-pyrrole nitrogens is 1. The third-order valence-corrected chi connectivity index (χ3v) is 1.70. The van der Waals surface area contributed by atoms with Crippen LogP contribution in [0.15, 0.2) is 0 Å². The van der Waals surface area contributed by atoms with E-state index < -0.39 is 0 Å². The fraction of sp³-hybridized carbons (Fsp3) is 0.167. The van der Waals surface area contributed by atoms with Crippen LogP contribution in [-0.4, -0.2) is 4.98 Å². The van der Waals surface area contributed by atoms with Crippen LogP contribution in [0.5, 0.6) is 0 Å². The largest absolute Gasteiger partial charge is 1.00 e. The summed E-state index contributed by atoms with van der Waals surface area (Å²) in [5.74, 6) is 0.0880. The number of aromatic nitrogens is 1. The number of aromatic amines is 1. The predicted molar refractivity (Wildman–Crippen MR) is 39.2 cm³/mol. The molecular weight excluding hydrogens is 189 g/mol. The van der Waals surface area contributed by atoms with Gasteiger partial charge in [-0.15, -0.1) is 0 Å². The summed E-state index contributed by atoms with van der Waals surface area (Å²) in [6, 6.07) is 1.83. The third-order valence-electron chi connectivity index (χ3n) is 1.22. The van der Waals surface area contributed by atoms with Crippen LogP contribution in [0.1, 0.15) is 11.3 Å². The molecule has 1 aromatic rings. The Kier molecular flexibility index (Phi) is 4.71. The molecule has 0 bridgehead atoms. The predicted octanol–water partition coefficient (Wildman–Crippen LogP) is -0.464. The van der Waals surface area contributed by atoms with Crippen molar-refractivity contribution in [2.75, 3.05) is 0 Å². The van der Waals surface area contributed by atoms with Crippen LogP contribution < -0.4 is 51.4 Å². The first-order valence-electron chi connectivity index (χ1n) is 2.66. The number of nitrogens with one attached hydrogen (secondary N) is 2. The van der Waals surface area contributed by atoms with E-state index in [-0.39, 0.29) is 62.8 Å². The topological polar surface area (TPSA) is 63.4 Å². The molecule has 1 aromatic heterocycles. The summed E-state index contributed by atoms with van der Waals surface area (Å²) in [7, 11) is 0. The Bertz CT molecular complexity index is 300. The second-order valence-electron chi connectivity index (χ2n) is 1.93. The van der Waals surface area contributed by atoms with Crippen LogP contribution in [-0.2, 0) is 0 Å². The number of hydrogen-bond donors (Lipinski definition) is 1. The van der Waals surface area contributed by atoms with Crippen LogP contribution in [0.2, 0.25) is 5.02 Å². The van der Waals surface area contributed by atoms with Gasteiger partial charge in [0.25, 0.3) is 0 Å². The minimum atomic E-state index is 0. The van der Waals surface area contributed by atoms with Crippen LogP contribution in [0.3, 0.4) is 0 Å². The molecule has 0 amide bonds. The van der Waals surface area contributed by atoms with Crippen LogP contribution >= 0.6 is 11.6 Å². The van der Waals surface area contributed by atoms with Gasteiger partial charge in [0, 0.05) is 0 Å². The summed E-state index contributed by atoms with van der Waals surface area (Å²) in [6.45, 7) is 1.72. The van der Waals surface area contributed by atoms with Crippen molar-refractivity contribution in [3.63, 3.8) is 0 Å². The Balaban J connectivity index is 0.000001000. The van der Waals surface area contributed by atoms with Gasteiger partial charge in [-0.25, -0.2) is 0 Å². The molecule has 0 aliphatic heterocycles. The molecule has 0 aliphatic rings. The van der Waals surface area contributed by atoms with Crippen molar-refractivity contribution in [2.24, 2.45) is 0 Å². The Morgan fingerprint density at radius 3 is 2.36 bits per heavy atom.